The summed E-state index contributed by atoms with van der Waals surface area (Å²) in [7, 11) is 0. The minimum atomic E-state index is 0.688. The van der Waals surface area contributed by atoms with Crippen LogP contribution in [-0.4, -0.2) is 21.7 Å². The van der Waals surface area contributed by atoms with Crippen LogP contribution in [0.3, 0.4) is 0 Å². The fourth-order valence-electron chi connectivity index (χ4n) is 2.00. The van der Waals surface area contributed by atoms with Crippen molar-refractivity contribution < 1.29 is 0 Å². The average Bonchev–Trinajstić information content (AvgIpc) is 2.93. The molecule has 5 heteroatoms. The van der Waals surface area contributed by atoms with Crippen LogP contribution in [0.5, 0.6) is 0 Å². The summed E-state index contributed by atoms with van der Waals surface area (Å²) in [4.78, 5) is 4.36. The molecular formula is C14H14N4S. The standard InChI is InChI=1S/C14H14N4S/c15-8-3-6-13-17-18-14(19-13)11-7-9-16-12-5-2-1-4-10(11)12/h1-2,4-5,7,9H,3,6,8,15H2. The molecule has 2 aromatic heterocycles. The second-order valence-corrected chi connectivity index (χ2v) is 5.33. The third kappa shape index (κ3) is 2.47. The van der Waals surface area contributed by atoms with Gasteiger partial charge >= 0.3 is 0 Å². The Morgan fingerprint density at radius 1 is 1.11 bits per heavy atom. The van der Waals surface area contributed by atoms with E-state index in [0.29, 0.717) is 6.54 Å². The van der Waals surface area contributed by atoms with Crippen molar-refractivity contribution in [1.82, 2.24) is 15.2 Å². The Balaban J connectivity index is 2.02. The van der Waals surface area contributed by atoms with Gasteiger partial charge in [-0.1, -0.05) is 29.5 Å². The molecule has 0 unspecified atom stereocenters. The van der Waals surface area contributed by atoms with E-state index in [4.69, 9.17) is 5.73 Å². The van der Waals surface area contributed by atoms with Crippen LogP contribution < -0.4 is 5.73 Å². The molecule has 0 saturated heterocycles. The van der Waals surface area contributed by atoms with E-state index in [2.05, 4.69) is 21.2 Å². The van der Waals surface area contributed by atoms with Gasteiger partial charge in [0.1, 0.15) is 10.0 Å². The van der Waals surface area contributed by atoms with Gasteiger partial charge in [-0.2, -0.15) is 0 Å². The molecular weight excluding hydrogens is 256 g/mol. The summed E-state index contributed by atoms with van der Waals surface area (Å²) in [5, 5.41) is 11.6. The lowest BCUT2D eigenvalue weighted by Gasteiger charge is -2.01. The number of nitrogens with two attached hydrogens (primary N) is 1. The third-order valence-electron chi connectivity index (χ3n) is 2.94. The average molecular weight is 270 g/mol. The lowest BCUT2D eigenvalue weighted by molar-refractivity contribution is 0.812. The van der Waals surface area contributed by atoms with Crippen LogP contribution in [0, 0.1) is 0 Å². The minimum Gasteiger partial charge on any atom is -0.330 e. The van der Waals surface area contributed by atoms with Gasteiger partial charge in [0, 0.05) is 23.6 Å². The van der Waals surface area contributed by atoms with Crippen LogP contribution in [0.2, 0.25) is 0 Å². The van der Waals surface area contributed by atoms with Gasteiger partial charge < -0.3 is 5.73 Å². The summed E-state index contributed by atoms with van der Waals surface area (Å²) < 4.78 is 0. The monoisotopic (exact) mass is 270 g/mol. The zero-order valence-corrected chi connectivity index (χ0v) is 11.2. The van der Waals surface area contributed by atoms with Gasteiger partial charge in [0.2, 0.25) is 0 Å². The molecule has 0 amide bonds. The van der Waals surface area contributed by atoms with Gasteiger partial charge in [0.15, 0.2) is 0 Å². The topological polar surface area (TPSA) is 64.7 Å². The van der Waals surface area contributed by atoms with Crippen molar-refractivity contribution in [2.45, 2.75) is 12.8 Å². The summed E-state index contributed by atoms with van der Waals surface area (Å²) in [6.45, 7) is 0.688. The number of rotatable bonds is 4. The van der Waals surface area contributed by atoms with Crippen molar-refractivity contribution in [2.75, 3.05) is 6.54 Å². The molecule has 0 saturated carbocycles. The van der Waals surface area contributed by atoms with Crippen molar-refractivity contribution in [1.29, 1.82) is 0 Å². The quantitative estimate of drug-likeness (QED) is 0.791. The highest BCUT2D eigenvalue weighted by atomic mass is 32.1. The smallest absolute Gasteiger partial charge is 0.148 e. The Kier molecular flexibility index (Phi) is 3.48. The van der Waals surface area contributed by atoms with E-state index < -0.39 is 0 Å². The fraction of sp³-hybridized carbons (Fsp3) is 0.214. The molecule has 2 N–H and O–H groups in total. The normalized spacial score (nSPS) is 11.0. The fourth-order valence-corrected chi connectivity index (χ4v) is 2.92. The number of nitrogens with zero attached hydrogens (tertiary/aromatic N) is 3. The lowest BCUT2D eigenvalue weighted by atomic mass is 10.1. The predicted molar refractivity (Wildman–Crippen MR) is 78.0 cm³/mol. The van der Waals surface area contributed by atoms with Gasteiger partial charge in [-0.25, -0.2) is 0 Å². The number of benzene rings is 1. The Hall–Kier alpha value is -1.85. The first-order valence-corrected chi connectivity index (χ1v) is 7.06. The Bertz CT molecular complexity index is 687. The number of fused-ring (bicyclic) bond motifs is 1. The maximum Gasteiger partial charge on any atom is 0.148 e. The van der Waals surface area contributed by atoms with E-state index in [1.165, 1.54) is 0 Å². The summed E-state index contributed by atoms with van der Waals surface area (Å²) in [6.07, 6.45) is 3.67. The maximum atomic E-state index is 5.52. The van der Waals surface area contributed by atoms with Gasteiger partial charge in [-0.05, 0) is 25.1 Å². The summed E-state index contributed by atoms with van der Waals surface area (Å²) >= 11 is 1.64. The lowest BCUT2D eigenvalue weighted by Crippen LogP contribution is -1.99. The summed E-state index contributed by atoms with van der Waals surface area (Å²) in [5.74, 6) is 0. The molecule has 4 nitrogen and oxygen atoms in total. The van der Waals surface area contributed by atoms with Crippen LogP contribution in [0.15, 0.2) is 36.5 Å². The molecule has 0 spiro atoms. The molecule has 0 aliphatic carbocycles. The molecule has 19 heavy (non-hydrogen) atoms. The van der Waals surface area contributed by atoms with E-state index in [1.807, 2.05) is 30.5 Å². The SMILES string of the molecule is NCCCc1nnc(-c2ccnc3ccccc23)s1. The van der Waals surface area contributed by atoms with E-state index >= 15 is 0 Å². The molecule has 1 aromatic carbocycles. The van der Waals surface area contributed by atoms with E-state index in [1.54, 1.807) is 11.3 Å². The molecule has 0 bridgehead atoms. The highest BCUT2D eigenvalue weighted by molar-refractivity contribution is 7.14. The van der Waals surface area contributed by atoms with Crippen LogP contribution in [0.25, 0.3) is 21.5 Å². The Morgan fingerprint density at radius 2 is 2.00 bits per heavy atom. The largest absolute Gasteiger partial charge is 0.330 e. The molecule has 0 aliphatic rings. The summed E-state index contributed by atoms with van der Waals surface area (Å²) in [6, 6.07) is 10.1. The second-order valence-electron chi connectivity index (χ2n) is 4.27. The zero-order chi connectivity index (χ0) is 13.1. The number of hydrogen-bond donors (Lipinski definition) is 1. The highest BCUT2D eigenvalue weighted by Crippen LogP contribution is 2.29. The highest BCUT2D eigenvalue weighted by Gasteiger charge is 2.09. The number of para-hydroxylation sites is 1. The minimum absolute atomic E-state index is 0.688. The second kappa shape index (κ2) is 5.42. The van der Waals surface area contributed by atoms with Gasteiger partial charge in [-0.15, -0.1) is 10.2 Å². The Labute approximate surface area is 115 Å². The van der Waals surface area contributed by atoms with Gasteiger partial charge in [0.25, 0.3) is 0 Å². The van der Waals surface area contributed by atoms with Crippen LogP contribution in [0.4, 0.5) is 0 Å². The molecule has 0 atom stereocenters. The molecule has 3 rings (SSSR count). The van der Waals surface area contributed by atoms with Crippen LogP contribution >= 0.6 is 11.3 Å². The number of pyridine rings is 1. The van der Waals surface area contributed by atoms with Crippen LogP contribution in [-0.2, 0) is 6.42 Å². The maximum absolute atomic E-state index is 5.52. The zero-order valence-electron chi connectivity index (χ0n) is 10.4. The van der Waals surface area contributed by atoms with E-state index in [-0.39, 0.29) is 0 Å². The molecule has 0 fully saturated rings. The van der Waals surface area contributed by atoms with Crippen LogP contribution in [0.1, 0.15) is 11.4 Å². The van der Waals surface area contributed by atoms with Crippen molar-refractivity contribution in [3.63, 3.8) is 0 Å². The number of hydrogen-bond acceptors (Lipinski definition) is 5. The first-order chi connectivity index (χ1) is 9.38. The van der Waals surface area contributed by atoms with Crippen molar-refractivity contribution in [3.8, 4) is 10.6 Å². The molecule has 2 heterocycles. The number of aryl methyl sites for hydroxylation is 1. The molecule has 3 aromatic rings. The van der Waals surface area contributed by atoms with Gasteiger partial charge in [0.05, 0.1) is 5.52 Å². The van der Waals surface area contributed by atoms with E-state index in [9.17, 15) is 0 Å². The van der Waals surface area contributed by atoms with Crippen molar-refractivity contribution in [3.05, 3.63) is 41.5 Å². The first kappa shape index (κ1) is 12.2. The predicted octanol–water partition coefficient (Wildman–Crippen LogP) is 2.64. The third-order valence-corrected chi connectivity index (χ3v) is 3.96. The molecule has 0 radical (unpaired) electrons. The first-order valence-electron chi connectivity index (χ1n) is 6.25. The molecule has 0 aliphatic heterocycles. The Morgan fingerprint density at radius 3 is 2.89 bits per heavy atom. The number of aromatic nitrogens is 3. The van der Waals surface area contributed by atoms with Gasteiger partial charge in [-0.3, -0.25) is 4.98 Å². The van der Waals surface area contributed by atoms with Crippen molar-refractivity contribution >= 4 is 22.2 Å². The van der Waals surface area contributed by atoms with Crippen molar-refractivity contribution in [2.24, 2.45) is 5.73 Å². The van der Waals surface area contributed by atoms with E-state index in [0.717, 1.165) is 39.3 Å². The molecule has 96 valence electrons. The summed E-state index contributed by atoms with van der Waals surface area (Å²) in [5.41, 5.74) is 7.60.